The van der Waals surface area contributed by atoms with E-state index in [1.54, 1.807) is 12.1 Å². The summed E-state index contributed by atoms with van der Waals surface area (Å²) in [5.74, 6) is -0.285. The number of benzene rings is 2. The number of fused-ring (bicyclic) bond motifs is 1. The Morgan fingerprint density at radius 2 is 1.68 bits per heavy atom. The van der Waals surface area contributed by atoms with Crippen LogP contribution in [0.3, 0.4) is 0 Å². The number of hydrogen-bond donors (Lipinski definition) is 2. The molecule has 2 N–H and O–H groups in total. The number of para-hydroxylation sites is 1. The maximum Gasteiger partial charge on any atom is 0.287 e. The van der Waals surface area contributed by atoms with Crippen molar-refractivity contribution in [3.8, 4) is 11.3 Å². The SMILES string of the molecule is Cc1ccc(-c2cc(C(=O)NCCNC(=O)c3ccco3)c3ccccc3n2)c(C)c1. The Balaban J connectivity index is 1.54. The van der Waals surface area contributed by atoms with E-state index in [2.05, 4.69) is 16.7 Å². The van der Waals surface area contributed by atoms with Gasteiger partial charge in [-0.3, -0.25) is 9.59 Å². The van der Waals surface area contributed by atoms with Crippen LogP contribution in [0, 0.1) is 13.8 Å². The number of carbonyl (C=O) groups excluding carboxylic acids is 2. The Hall–Kier alpha value is -3.93. The summed E-state index contributed by atoms with van der Waals surface area (Å²) in [4.78, 5) is 29.7. The topological polar surface area (TPSA) is 84.2 Å². The lowest BCUT2D eigenvalue weighted by Gasteiger charge is -2.12. The number of aromatic nitrogens is 1. The predicted molar refractivity (Wildman–Crippen MR) is 120 cm³/mol. The molecule has 0 saturated carbocycles. The number of nitrogens with zero attached hydrogens (tertiary/aromatic N) is 1. The maximum atomic E-state index is 13.0. The van der Waals surface area contributed by atoms with Gasteiger partial charge in [0.15, 0.2) is 5.76 Å². The van der Waals surface area contributed by atoms with Crippen LogP contribution in [0.25, 0.3) is 22.2 Å². The summed E-state index contributed by atoms with van der Waals surface area (Å²) in [5.41, 5.74) is 5.35. The van der Waals surface area contributed by atoms with Crippen LogP contribution in [0.5, 0.6) is 0 Å². The number of hydrogen-bond acceptors (Lipinski definition) is 4. The number of amides is 2. The molecule has 4 aromatic rings. The van der Waals surface area contributed by atoms with Gasteiger partial charge in [-0.2, -0.15) is 0 Å². The van der Waals surface area contributed by atoms with E-state index in [9.17, 15) is 9.59 Å². The van der Waals surface area contributed by atoms with Gasteiger partial charge in [-0.1, -0.05) is 42.0 Å². The first-order valence-electron chi connectivity index (χ1n) is 10.1. The summed E-state index contributed by atoms with van der Waals surface area (Å²) in [6.07, 6.45) is 1.44. The monoisotopic (exact) mass is 413 g/mol. The van der Waals surface area contributed by atoms with Gasteiger partial charge in [0.1, 0.15) is 0 Å². The molecule has 6 heteroatoms. The molecule has 2 aromatic carbocycles. The van der Waals surface area contributed by atoms with E-state index in [0.29, 0.717) is 12.1 Å². The van der Waals surface area contributed by atoms with Gasteiger partial charge >= 0.3 is 0 Å². The highest BCUT2D eigenvalue weighted by atomic mass is 16.3. The minimum absolute atomic E-state index is 0.211. The Labute approximate surface area is 180 Å². The zero-order valence-electron chi connectivity index (χ0n) is 17.4. The third-order valence-electron chi connectivity index (χ3n) is 5.06. The van der Waals surface area contributed by atoms with E-state index >= 15 is 0 Å². The molecule has 0 radical (unpaired) electrons. The fraction of sp³-hybridized carbons (Fsp3) is 0.160. The van der Waals surface area contributed by atoms with Gasteiger partial charge in [0.25, 0.3) is 11.8 Å². The molecule has 0 atom stereocenters. The van der Waals surface area contributed by atoms with Crippen LogP contribution < -0.4 is 10.6 Å². The average Bonchev–Trinajstić information content (AvgIpc) is 3.31. The number of pyridine rings is 1. The first-order chi connectivity index (χ1) is 15.0. The van der Waals surface area contributed by atoms with Gasteiger partial charge in [0.05, 0.1) is 23.0 Å². The Bertz CT molecular complexity index is 1250. The van der Waals surface area contributed by atoms with Crippen molar-refractivity contribution in [3.05, 3.63) is 89.4 Å². The second-order valence-electron chi connectivity index (χ2n) is 7.38. The van der Waals surface area contributed by atoms with Crippen LogP contribution in [0.2, 0.25) is 0 Å². The molecule has 31 heavy (non-hydrogen) atoms. The van der Waals surface area contributed by atoms with Crippen molar-refractivity contribution >= 4 is 22.7 Å². The quantitative estimate of drug-likeness (QED) is 0.462. The second kappa shape index (κ2) is 8.83. The summed E-state index contributed by atoms with van der Waals surface area (Å²) in [7, 11) is 0. The molecular weight excluding hydrogens is 390 g/mol. The minimum Gasteiger partial charge on any atom is -0.459 e. The molecule has 0 unspecified atom stereocenters. The highest BCUT2D eigenvalue weighted by Crippen LogP contribution is 2.27. The lowest BCUT2D eigenvalue weighted by Crippen LogP contribution is -2.34. The third-order valence-corrected chi connectivity index (χ3v) is 5.06. The molecule has 6 nitrogen and oxygen atoms in total. The first-order valence-corrected chi connectivity index (χ1v) is 10.1. The fourth-order valence-electron chi connectivity index (χ4n) is 3.54. The molecule has 0 saturated heterocycles. The molecule has 0 fully saturated rings. The third kappa shape index (κ3) is 4.48. The van der Waals surface area contributed by atoms with Crippen molar-refractivity contribution in [2.45, 2.75) is 13.8 Å². The van der Waals surface area contributed by atoms with Crippen LogP contribution in [-0.4, -0.2) is 29.9 Å². The highest BCUT2D eigenvalue weighted by molar-refractivity contribution is 6.07. The smallest absolute Gasteiger partial charge is 0.287 e. The first kappa shape index (κ1) is 20.3. The van der Waals surface area contributed by atoms with Gasteiger partial charge in [-0.15, -0.1) is 0 Å². The summed E-state index contributed by atoms with van der Waals surface area (Å²) in [6, 6.07) is 18.8. The van der Waals surface area contributed by atoms with Gasteiger partial charge in [0.2, 0.25) is 0 Å². The molecule has 2 amide bonds. The Morgan fingerprint density at radius 1 is 0.903 bits per heavy atom. The normalized spacial score (nSPS) is 10.8. The molecule has 0 bridgehead atoms. The molecule has 2 aromatic heterocycles. The van der Waals surface area contributed by atoms with Gasteiger partial charge in [-0.05, 0) is 43.7 Å². The van der Waals surface area contributed by atoms with E-state index in [4.69, 9.17) is 9.40 Å². The van der Waals surface area contributed by atoms with Crippen LogP contribution in [0.15, 0.2) is 71.3 Å². The number of nitrogens with one attached hydrogen (secondary N) is 2. The molecule has 0 aliphatic heterocycles. The van der Waals surface area contributed by atoms with E-state index < -0.39 is 0 Å². The van der Waals surface area contributed by atoms with Crippen LogP contribution in [0.4, 0.5) is 0 Å². The lowest BCUT2D eigenvalue weighted by molar-refractivity contribution is 0.0911. The van der Waals surface area contributed by atoms with Crippen molar-refractivity contribution in [1.29, 1.82) is 0 Å². The molecular formula is C25H23N3O3. The van der Waals surface area contributed by atoms with Crippen molar-refractivity contribution in [2.75, 3.05) is 13.1 Å². The average molecular weight is 413 g/mol. The molecule has 0 aliphatic carbocycles. The number of rotatable bonds is 6. The van der Waals surface area contributed by atoms with Crippen LogP contribution in [0.1, 0.15) is 32.0 Å². The molecule has 2 heterocycles. The standard InChI is InChI=1S/C25H23N3O3/c1-16-9-10-18(17(2)14-16)22-15-20(19-6-3-4-7-21(19)28-22)24(29)26-11-12-27-25(30)23-8-5-13-31-23/h3-10,13-15H,11-12H2,1-2H3,(H,26,29)(H,27,30). The fourth-order valence-corrected chi connectivity index (χ4v) is 3.54. The molecule has 0 aliphatic rings. The van der Waals surface area contributed by atoms with E-state index in [0.717, 1.165) is 27.7 Å². The largest absolute Gasteiger partial charge is 0.459 e. The van der Waals surface area contributed by atoms with E-state index in [-0.39, 0.29) is 24.1 Å². The molecule has 0 spiro atoms. The molecule has 4 rings (SSSR count). The van der Waals surface area contributed by atoms with Crippen molar-refractivity contribution in [2.24, 2.45) is 0 Å². The summed E-state index contributed by atoms with van der Waals surface area (Å²) < 4.78 is 5.06. The zero-order valence-corrected chi connectivity index (χ0v) is 17.4. The maximum absolute atomic E-state index is 13.0. The van der Waals surface area contributed by atoms with E-state index in [1.165, 1.54) is 11.8 Å². The van der Waals surface area contributed by atoms with Crippen molar-refractivity contribution < 1.29 is 14.0 Å². The predicted octanol–water partition coefficient (Wildman–Crippen LogP) is 4.27. The van der Waals surface area contributed by atoms with Crippen LogP contribution >= 0.6 is 0 Å². The lowest BCUT2D eigenvalue weighted by atomic mass is 9.99. The van der Waals surface area contributed by atoms with Gasteiger partial charge in [-0.25, -0.2) is 4.98 Å². The Kier molecular flexibility index (Phi) is 5.80. The minimum atomic E-state index is -0.314. The molecule has 156 valence electrons. The number of furan rings is 1. The summed E-state index contributed by atoms with van der Waals surface area (Å²) in [5, 5.41) is 6.39. The van der Waals surface area contributed by atoms with Crippen molar-refractivity contribution in [3.63, 3.8) is 0 Å². The highest BCUT2D eigenvalue weighted by Gasteiger charge is 2.15. The Morgan fingerprint density at radius 3 is 2.42 bits per heavy atom. The summed E-state index contributed by atoms with van der Waals surface area (Å²) >= 11 is 0. The summed E-state index contributed by atoms with van der Waals surface area (Å²) in [6.45, 7) is 4.67. The number of carbonyl (C=O) groups is 2. The van der Waals surface area contributed by atoms with Gasteiger partial charge in [0, 0.05) is 24.0 Å². The van der Waals surface area contributed by atoms with E-state index in [1.807, 2.05) is 56.3 Å². The zero-order chi connectivity index (χ0) is 21.8. The van der Waals surface area contributed by atoms with Crippen LogP contribution in [-0.2, 0) is 0 Å². The van der Waals surface area contributed by atoms with Crippen molar-refractivity contribution in [1.82, 2.24) is 15.6 Å². The number of aryl methyl sites for hydroxylation is 2. The van der Waals surface area contributed by atoms with Gasteiger partial charge < -0.3 is 15.1 Å². The second-order valence-corrected chi connectivity index (χ2v) is 7.38.